The average molecular weight is 707 g/mol. The lowest BCUT2D eigenvalue weighted by Crippen LogP contribution is -2.59. The number of amides is 2. The number of hydrogen-bond donors (Lipinski definition) is 1. The fourth-order valence-electron chi connectivity index (χ4n) is 7.80. The number of aromatic nitrogens is 2. The van der Waals surface area contributed by atoms with Gasteiger partial charge in [-0.1, -0.05) is 86.9 Å². The summed E-state index contributed by atoms with van der Waals surface area (Å²) in [6, 6.07) is 16.3. The first-order valence-electron chi connectivity index (χ1n) is 19.1. The van der Waals surface area contributed by atoms with Crippen molar-refractivity contribution in [2.24, 2.45) is 23.7 Å². The molecule has 3 aromatic rings. The molecular weight excluding hydrogens is 652 g/mol. The maximum absolute atomic E-state index is 13.6. The van der Waals surface area contributed by atoms with Crippen molar-refractivity contribution in [3.8, 4) is 11.4 Å². The lowest BCUT2D eigenvalue weighted by molar-refractivity contribution is -0.168. The molecule has 1 saturated carbocycles. The van der Waals surface area contributed by atoms with Gasteiger partial charge in [-0.15, -0.1) is 0 Å². The van der Waals surface area contributed by atoms with Crippen LogP contribution < -0.4 is 5.32 Å². The zero-order valence-electron chi connectivity index (χ0n) is 31.2. The van der Waals surface area contributed by atoms with Crippen LogP contribution in [0.2, 0.25) is 0 Å². The van der Waals surface area contributed by atoms with Gasteiger partial charge >= 0.3 is 12.1 Å². The normalized spacial score (nSPS) is 21.3. The molecule has 9 nitrogen and oxygen atoms in total. The Labute approximate surface area is 308 Å². The fraction of sp³-hybridized carbons (Fsp3) is 0.512. The minimum atomic E-state index is -0.876. The van der Waals surface area contributed by atoms with Gasteiger partial charge in [-0.2, -0.15) is 0 Å². The van der Waals surface area contributed by atoms with Gasteiger partial charge in [0.25, 0.3) is 0 Å². The molecule has 0 bridgehead atoms. The summed E-state index contributed by atoms with van der Waals surface area (Å²) < 4.78 is 10.9. The average Bonchev–Trinajstić information content (AvgIpc) is 3.13. The van der Waals surface area contributed by atoms with Gasteiger partial charge in [-0.05, 0) is 87.3 Å². The molecule has 2 aliphatic carbocycles. The minimum Gasteiger partial charge on any atom is -0.460 e. The van der Waals surface area contributed by atoms with E-state index >= 15 is 0 Å². The van der Waals surface area contributed by atoms with Crippen LogP contribution in [-0.2, 0) is 32.1 Å². The molecule has 1 saturated heterocycles. The molecule has 1 aromatic heterocycles. The van der Waals surface area contributed by atoms with Gasteiger partial charge in [0, 0.05) is 43.0 Å². The number of allylic oxidation sites excluding steroid dienone is 2. The Balaban J connectivity index is 1.06. The monoisotopic (exact) mass is 706 g/mol. The standard InChI is InChI=1S/C43H54N4O5/c1-5-29-11-15-32(16-12-29)33-19-21-34(22-20-33)36-24-44-39(45-25-36)35-17-13-30(14-18-35)23-38(46-42(50)51-28-31-9-7-6-8-10-31)40(48)47-26-37(27-47)41(49)52-43(2,3)4/h6-10,13-14,17-18,21,24-25,29,32-33,37-38H,5,11-12,15-16,19-20,22-23,26-28H2,1-4H3,(H,46,50)/t29-,32-,33?,38-/m0/s1. The Hall–Kier alpha value is -4.53. The van der Waals surface area contributed by atoms with Gasteiger partial charge in [-0.25, -0.2) is 14.8 Å². The summed E-state index contributed by atoms with van der Waals surface area (Å²) in [7, 11) is 0. The highest BCUT2D eigenvalue weighted by atomic mass is 16.6. The number of carbonyl (C=O) groups is 3. The molecule has 1 aliphatic heterocycles. The highest BCUT2D eigenvalue weighted by Crippen LogP contribution is 2.41. The van der Waals surface area contributed by atoms with E-state index in [-0.39, 0.29) is 43.9 Å². The van der Waals surface area contributed by atoms with Crippen LogP contribution in [-0.4, -0.2) is 57.6 Å². The summed E-state index contributed by atoms with van der Waals surface area (Å²) >= 11 is 0. The van der Waals surface area contributed by atoms with Crippen LogP contribution in [0.1, 0.15) is 95.8 Å². The van der Waals surface area contributed by atoms with Gasteiger partial charge in [0.05, 0.1) is 5.92 Å². The van der Waals surface area contributed by atoms with E-state index in [1.54, 1.807) is 4.90 Å². The second-order valence-corrected chi connectivity index (χ2v) is 15.9. The SMILES string of the molecule is CC[C@H]1CC[C@H](C2CC=C(c3cnc(-c4ccc(C[C@H](NC(=O)OCc5ccccc5)C(=O)N5CC(C(=O)OC(C)(C)C)C5)cc4)nc3)CC2)CC1. The van der Waals surface area contributed by atoms with Crippen LogP contribution in [0.4, 0.5) is 4.79 Å². The van der Waals surface area contributed by atoms with Crippen LogP contribution in [0.3, 0.4) is 0 Å². The number of nitrogens with zero attached hydrogens (tertiary/aromatic N) is 3. The number of rotatable bonds is 11. The number of nitrogens with one attached hydrogen (secondary N) is 1. The van der Waals surface area contributed by atoms with Gasteiger partial charge in [0.2, 0.25) is 5.91 Å². The number of ether oxygens (including phenoxy) is 2. The van der Waals surface area contributed by atoms with Crippen LogP contribution in [0.5, 0.6) is 0 Å². The molecule has 1 unspecified atom stereocenters. The Morgan fingerprint density at radius 1 is 0.865 bits per heavy atom. The van der Waals surface area contributed by atoms with E-state index in [0.29, 0.717) is 5.82 Å². The van der Waals surface area contributed by atoms with Crippen molar-refractivity contribution < 1.29 is 23.9 Å². The second kappa shape index (κ2) is 16.9. The summed E-state index contributed by atoms with van der Waals surface area (Å²) in [4.78, 5) is 50.1. The second-order valence-electron chi connectivity index (χ2n) is 15.9. The predicted molar refractivity (Wildman–Crippen MR) is 202 cm³/mol. The third-order valence-electron chi connectivity index (χ3n) is 11.0. The number of hydrogen-bond acceptors (Lipinski definition) is 7. The Morgan fingerprint density at radius 2 is 1.56 bits per heavy atom. The first-order chi connectivity index (χ1) is 25.0. The lowest BCUT2D eigenvalue weighted by atomic mass is 9.71. The summed E-state index contributed by atoms with van der Waals surface area (Å²) in [5.74, 6) is 2.29. The van der Waals surface area contributed by atoms with Crippen molar-refractivity contribution in [1.29, 1.82) is 0 Å². The zero-order chi connectivity index (χ0) is 36.7. The topological polar surface area (TPSA) is 111 Å². The molecule has 1 N–H and O–H groups in total. The molecule has 9 heteroatoms. The molecule has 2 atom stereocenters. The lowest BCUT2D eigenvalue weighted by Gasteiger charge is -2.40. The van der Waals surface area contributed by atoms with Gasteiger partial charge < -0.3 is 19.7 Å². The van der Waals surface area contributed by atoms with Crippen LogP contribution in [0.25, 0.3) is 17.0 Å². The van der Waals surface area contributed by atoms with Crippen molar-refractivity contribution in [1.82, 2.24) is 20.2 Å². The Morgan fingerprint density at radius 3 is 2.17 bits per heavy atom. The smallest absolute Gasteiger partial charge is 0.408 e. The summed E-state index contributed by atoms with van der Waals surface area (Å²) in [5, 5.41) is 2.78. The summed E-state index contributed by atoms with van der Waals surface area (Å²) in [5.41, 5.74) is 4.42. The van der Waals surface area contributed by atoms with Gasteiger partial charge in [0.1, 0.15) is 18.2 Å². The molecule has 2 heterocycles. The van der Waals surface area contributed by atoms with Crippen LogP contribution >= 0.6 is 0 Å². The number of likely N-dealkylation sites (tertiary alicyclic amines) is 1. The molecule has 0 spiro atoms. The van der Waals surface area contributed by atoms with Crippen molar-refractivity contribution in [3.05, 3.63) is 89.8 Å². The molecular formula is C43H54N4O5. The first kappa shape index (κ1) is 37.2. The van der Waals surface area contributed by atoms with Crippen molar-refractivity contribution in [2.45, 2.75) is 104 Å². The number of carbonyl (C=O) groups excluding carboxylic acids is 3. The summed E-state index contributed by atoms with van der Waals surface area (Å²) in [6.45, 7) is 8.37. The molecule has 0 radical (unpaired) electrons. The first-order valence-corrected chi connectivity index (χ1v) is 19.1. The molecule has 276 valence electrons. The predicted octanol–water partition coefficient (Wildman–Crippen LogP) is 8.18. The van der Waals surface area contributed by atoms with Gasteiger partial charge in [-0.3, -0.25) is 9.59 Å². The van der Waals surface area contributed by atoms with Gasteiger partial charge in [0.15, 0.2) is 5.82 Å². The minimum absolute atomic E-state index is 0.0866. The molecule has 2 amide bonds. The van der Waals surface area contributed by atoms with Crippen molar-refractivity contribution in [2.75, 3.05) is 13.1 Å². The van der Waals surface area contributed by atoms with E-state index in [0.717, 1.165) is 52.8 Å². The van der Waals surface area contributed by atoms with E-state index in [1.165, 1.54) is 44.1 Å². The van der Waals surface area contributed by atoms with Crippen molar-refractivity contribution in [3.63, 3.8) is 0 Å². The molecule has 3 aliphatic rings. The van der Waals surface area contributed by atoms with E-state index in [9.17, 15) is 14.4 Å². The highest BCUT2D eigenvalue weighted by Gasteiger charge is 2.41. The third kappa shape index (κ3) is 9.87. The molecule has 2 aromatic carbocycles. The maximum atomic E-state index is 13.6. The number of alkyl carbamates (subject to hydrolysis) is 1. The zero-order valence-corrected chi connectivity index (χ0v) is 31.2. The van der Waals surface area contributed by atoms with E-state index in [4.69, 9.17) is 19.4 Å². The Bertz CT molecular complexity index is 1690. The Kier molecular flexibility index (Phi) is 12.1. The number of esters is 1. The van der Waals surface area contributed by atoms with Crippen LogP contribution in [0, 0.1) is 23.7 Å². The molecule has 52 heavy (non-hydrogen) atoms. The molecule has 6 rings (SSSR count). The quantitative estimate of drug-likeness (QED) is 0.200. The van der Waals surface area contributed by atoms with E-state index < -0.39 is 17.7 Å². The molecule has 2 fully saturated rings. The summed E-state index contributed by atoms with van der Waals surface area (Å²) in [6.07, 6.45) is 16.3. The third-order valence-corrected chi connectivity index (χ3v) is 11.0. The maximum Gasteiger partial charge on any atom is 0.408 e. The van der Waals surface area contributed by atoms with Crippen LogP contribution in [0.15, 0.2) is 73.1 Å². The largest absolute Gasteiger partial charge is 0.460 e. The van der Waals surface area contributed by atoms with E-state index in [2.05, 4.69) is 18.3 Å². The highest BCUT2D eigenvalue weighted by molar-refractivity contribution is 5.88. The van der Waals surface area contributed by atoms with Crippen molar-refractivity contribution >= 4 is 23.5 Å². The fourth-order valence-corrected chi connectivity index (χ4v) is 7.80. The number of benzene rings is 2. The van der Waals surface area contributed by atoms with E-state index in [1.807, 2.05) is 87.8 Å².